The van der Waals surface area contributed by atoms with Crippen molar-refractivity contribution in [2.45, 2.75) is 6.92 Å². The van der Waals surface area contributed by atoms with E-state index in [4.69, 9.17) is 5.73 Å². The Morgan fingerprint density at radius 3 is 2.83 bits per heavy atom. The normalized spacial score (nSPS) is 11.0. The molecule has 3 N–H and O–H groups in total. The SMILES string of the molecule is Cc1cnc2[nH]nc(-c3cc(N)c(F)cn3)c2c1. The first-order valence-electron chi connectivity index (χ1n) is 5.37. The summed E-state index contributed by atoms with van der Waals surface area (Å²) < 4.78 is 13.1. The van der Waals surface area contributed by atoms with Crippen molar-refractivity contribution in [3.63, 3.8) is 0 Å². The number of anilines is 1. The van der Waals surface area contributed by atoms with E-state index in [1.54, 1.807) is 6.20 Å². The molecule has 0 unspecified atom stereocenters. The number of halogens is 1. The quantitative estimate of drug-likeness (QED) is 0.685. The summed E-state index contributed by atoms with van der Waals surface area (Å²) in [4.78, 5) is 8.21. The topological polar surface area (TPSA) is 80.5 Å². The molecule has 0 bridgehead atoms. The molecule has 0 saturated carbocycles. The largest absolute Gasteiger partial charge is 0.396 e. The summed E-state index contributed by atoms with van der Waals surface area (Å²) in [5, 5.41) is 7.80. The Kier molecular flexibility index (Phi) is 2.22. The molecule has 0 radical (unpaired) electrons. The van der Waals surface area contributed by atoms with Crippen LogP contribution in [0.2, 0.25) is 0 Å². The molecule has 3 aromatic heterocycles. The molecule has 6 heteroatoms. The van der Waals surface area contributed by atoms with Crippen molar-refractivity contribution in [2.24, 2.45) is 0 Å². The van der Waals surface area contributed by atoms with E-state index < -0.39 is 5.82 Å². The smallest absolute Gasteiger partial charge is 0.164 e. The number of nitrogens with one attached hydrogen (secondary N) is 1. The molecule has 5 nitrogen and oxygen atoms in total. The van der Waals surface area contributed by atoms with Gasteiger partial charge in [-0.05, 0) is 24.6 Å². The van der Waals surface area contributed by atoms with E-state index in [1.807, 2.05) is 13.0 Å². The number of H-pyrrole nitrogens is 1. The highest BCUT2D eigenvalue weighted by molar-refractivity contribution is 5.90. The van der Waals surface area contributed by atoms with Gasteiger partial charge in [0.05, 0.1) is 17.6 Å². The maximum atomic E-state index is 13.1. The molecule has 0 amide bonds. The average molecular weight is 243 g/mol. The monoisotopic (exact) mass is 243 g/mol. The van der Waals surface area contributed by atoms with Gasteiger partial charge in [0.1, 0.15) is 5.69 Å². The van der Waals surface area contributed by atoms with E-state index >= 15 is 0 Å². The maximum absolute atomic E-state index is 13.1. The Bertz CT molecular complexity index is 734. The molecule has 0 spiro atoms. The molecular formula is C12H10FN5. The van der Waals surface area contributed by atoms with E-state index in [1.165, 1.54) is 6.07 Å². The van der Waals surface area contributed by atoms with Gasteiger partial charge in [-0.25, -0.2) is 9.37 Å². The van der Waals surface area contributed by atoms with Gasteiger partial charge in [0, 0.05) is 11.6 Å². The second-order valence-electron chi connectivity index (χ2n) is 4.07. The Labute approximate surface area is 102 Å². The minimum absolute atomic E-state index is 0.0526. The van der Waals surface area contributed by atoms with E-state index in [2.05, 4.69) is 20.2 Å². The first-order chi connectivity index (χ1) is 8.65. The summed E-state index contributed by atoms with van der Waals surface area (Å²) in [5.74, 6) is -0.534. The molecule has 3 aromatic rings. The van der Waals surface area contributed by atoms with Gasteiger partial charge in [-0.3, -0.25) is 10.1 Å². The number of hydrogen-bond donors (Lipinski definition) is 2. The Hall–Kier alpha value is -2.50. The van der Waals surface area contributed by atoms with Crippen LogP contribution in [0, 0.1) is 12.7 Å². The van der Waals surface area contributed by atoms with Gasteiger partial charge in [-0.1, -0.05) is 0 Å². The molecule has 0 atom stereocenters. The van der Waals surface area contributed by atoms with E-state index in [-0.39, 0.29) is 5.69 Å². The third kappa shape index (κ3) is 1.58. The van der Waals surface area contributed by atoms with Crippen LogP contribution in [0.4, 0.5) is 10.1 Å². The van der Waals surface area contributed by atoms with Crippen molar-refractivity contribution in [2.75, 3.05) is 5.73 Å². The van der Waals surface area contributed by atoms with Crippen LogP contribution in [-0.4, -0.2) is 20.2 Å². The minimum atomic E-state index is -0.534. The maximum Gasteiger partial charge on any atom is 0.164 e. The second-order valence-corrected chi connectivity index (χ2v) is 4.07. The first-order valence-corrected chi connectivity index (χ1v) is 5.37. The van der Waals surface area contributed by atoms with Gasteiger partial charge < -0.3 is 5.73 Å². The summed E-state index contributed by atoms with van der Waals surface area (Å²) in [6.45, 7) is 1.94. The van der Waals surface area contributed by atoms with E-state index in [0.717, 1.165) is 17.1 Å². The number of rotatable bonds is 1. The number of nitrogens with two attached hydrogens (primary N) is 1. The number of nitrogens with zero attached hydrogens (tertiary/aromatic N) is 3. The summed E-state index contributed by atoms with van der Waals surface area (Å²) in [5.41, 5.74) is 8.40. The molecule has 0 aliphatic carbocycles. The third-order valence-electron chi connectivity index (χ3n) is 2.68. The van der Waals surface area contributed by atoms with Crippen molar-refractivity contribution in [3.05, 3.63) is 35.9 Å². The lowest BCUT2D eigenvalue weighted by Crippen LogP contribution is -1.94. The molecule has 0 fully saturated rings. The predicted molar refractivity (Wildman–Crippen MR) is 66.2 cm³/mol. The molecule has 3 heterocycles. The van der Waals surface area contributed by atoms with Crippen LogP contribution in [0.3, 0.4) is 0 Å². The fourth-order valence-electron chi connectivity index (χ4n) is 1.79. The zero-order valence-electron chi connectivity index (χ0n) is 9.61. The number of fused-ring (bicyclic) bond motifs is 1. The van der Waals surface area contributed by atoms with Gasteiger partial charge in [0.15, 0.2) is 11.5 Å². The van der Waals surface area contributed by atoms with Gasteiger partial charge in [0.25, 0.3) is 0 Å². The van der Waals surface area contributed by atoms with Crippen molar-refractivity contribution in [3.8, 4) is 11.4 Å². The van der Waals surface area contributed by atoms with Crippen LogP contribution in [-0.2, 0) is 0 Å². The third-order valence-corrected chi connectivity index (χ3v) is 2.68. The van der Waals surface area contributed by atoms with Crippen molar-refractivity contribution in [1.29, 1.82) is 0 Å². The minimum Gasteiger partial charge on any atom is -0.396 e. The van der Waals surface area contributed by atoms with Crippen molar-refractivity contribution >= 4 is 16.7 Å². The summed E-state index contributed by atoms with van der Waals surface area (Å²) in [6, 6.07) is 3.41. The Balaban J connectivity index is 2.24. The molecule has 90 valence electrons. The highest BCUT2D eigenvalue weighted by Gasteiger charge is 2.12. The second kappa shape index (κ2) is 3.76. The highest BCUT2D eigenvalue weighted by atomic mass is 19.1. The van der Waals surface area contributed by atoms with Crippen LogP contribution < -0.4 is 5.73 Å². The summed E-state index contributed by atoms with van der Waals surface area (Å²) in [6.07, 6.45) is 2.84. The molecule has 0 saturated heterocycles. The van der Waals surface area contributed by atoms with E-state index in [9.17, 15) is 4.39 Å². The molecular weight excluding hydrogens is 233 g/mol. The fraction of sp³-hybridized carbons (Fsp3) is 0.0833. The number of aryl methyl sites for hydroxylation is 1. The van der Waals surface area contributed by atoms with Crippen molar-refractivity contribution in [1.82, 2.24) is 20.2 Å². The number of aromatic amines is 1. The first kappa shape index (κ1) is 10.6. The van der Waals surface area contributed by atoms with Crippen molar-refractivity contribution < 1.29 is 4.39 Å². The Morgan fingerprint density at radius 1 is 1.22 bits per heavy atom. The lowest BCUT2D eigenvalue weighted by Gasteiger charge is -2.00. The van der Waals surface area contributed by atoms with Crippen LogP contribution in [0.5, 0.6) is 0 Å². The standard InChI is InChI=1S/C12H10FN5/c1-6-2-7-11(17-18-12(7)16-4-6)10-3-9(14)8(13)5-15-10/h2-5H,1H3,(H2,14,15)(H,16,17,18). The number of hydrogen-bond acceptors (Lipinski definition) is 4. The zero-order chi connectivity index (χ0) is 12.7. The molecule has 0 aliphatic heterocycles. The Morgan fingerprint density at radius 2 is 2.06 bits per heavy atom. The van der Waals surface area contributed by atoms with Gasteiger partial charge in [-0.15, -0.1) is 0 Å². The zero-order valence-corrected chi connectivity index (χ0v) is 9.61. The van der Waals surface area contributed by atoms with Crippen LogP contribution in [0.15, 0.2) is 24.5 Å². The number of pyridine rings is 2. The fourth-order valence-corrected chi connectivity index (χ4v) is 1.79. The van der Waals surface area contributed by atoms with Gasteiger partial charge in [-0.2, -0.15) is 5.10 Å². The molecule has 18 heavy (non-hydrogen) atoms. The summed E-state index contributed by atoms with van der Waals surface area (Å²) in [7, 11) is 0. The van der Waals surface area contributed by atoms with Crippen LogP contribution in [0.25, 0.3) is 22.4 Å². The molecule has 3 rings (SSSR count). The highest BCUT2D eigenvalue weighted by Crippen LogP contribution is 2.25. The lowest BCUT2D eigenvalue weighted by atomic mass is 10.1. The molecule has 0 aliphatic rings. The molecule has 0 aromatic carbocycles. The van der Waals surface area contributed by atoms with Crippen LogP contribution >= 0.6 is 0 Å². The number of aromatic nitrogens is 4. The predicted octanol–water partition coefficient (Wildman–Crippen LogP) is 2.05. The van der Waals surface area contributed by atoms with E-state index in [0.29, 0.717) is 17.0 Å². The summed E-state index contributed by atoms with van der Waals surface area (Å²) >= 11 is 0. The lowest BCUT2D eigenvalue weighted by molar-refractivity contribution is 0.626. The average Bonchev–Trinajstić information content (AvgIpc) is 2.75. The van der Waals surface area contributed by atoms with Gasteiger partial charge >= 0.3 is 0 Å². The number of nitrogen functional groups attached to an aromatic ring is 1. The van der Waals surface area contributed by atoms with Crippen LogP contribution in [0.1, 0.15) is 5.56 Å². The van der Waals surface area contributed by atoms with Gasteiger partial charge in [0.2, 0.25) is 0 Å².